The molecule has 0 saturated carbocycles. The fourth-order valence-electron chi connectivity index (χ4n) is 1.97. The van der Waals surface area contributed by atoms with Gasteiger partial charge in [-0.25, -0.2) is 4.79 Å². The van der Waals surface area contributed by atoms with Crippen molar-refractivity contribution in [3.63, 3.8) is 0 Å². The van der Waals surface area contributed by atoms with E-state index in [1.165, 1.54) is 0 Å². The Labute approximate surface area is 109 Å². The minimum Gasteiger partial charge on any atom is -0.330 e. The van der Waals surface area contributed by atoms with Gasteiger partial charge in [0.05, 0.1) is 12.1 Å². The Balaban J connectivity index is 1.89. The number of nitrogens with one attached hydrogen (secondary N) is 1. The number of hydroxylamine groups is 2. The molecular weight excluding hydrogens is 250 g/mol. The normalized spacial score (nSPS) is 15.2. The van der Waals surface area contributed by atoms with Crippen molar-refractivity contribution in [3.8, 4) is 0 Å². The summed E-state index contributed by atoms with van der Waals surface area (Å²) in [6, 6.07) is 0. The molecule has 0 aromatic carbocycles. The number of imide groups is 1. The summed E-state index contributed by atoms with van der Waals surface area (Å²) in [6.07, 6.45) is 0.764. The first-order valence-corrected chi connectivity index (χ1v) is 6.06. The Morgan fingerprint density at radius 2 is 1.95 bits per heavy atom. The zero-order chi connectivity index (χ0) is 14.0. The van der Waals surface area contributed by atoms with Crippen LogP contribution in [0.25, 0.3) is 0 Å². The molecule has 0 aliphatic carbocycles. The topological polar surface area (TPSA) is 92.4 Å². The second-order valence-electron chi connectivity index (χ2n) is 4.46. The Morgan fingerprint density at radius 3 is 2.47 bits per heavy atom. The molecule has 1 aliphatic rings. The minimum absolute atomic E-state index is 0.0955. The van der Waals surface area contributed by atoms with Gasteiger partial charge in [0.2, 0.25) is 0 Å². The van der Waals surface area contributed by atoms with E-state index in [-0.39, 0.29) is 19.3 Å². The highest BCUT2D eigenvalue weighted by Crippen LogP contribution is 2.15. The first-order chi connectivity index (χ1) is 8.99. The smallest absolute Gasteiger partial charge is 0.330 e. The molecule has 19 heavy (non-hydrogen) atoms. The van der Waals surface area contributed by atoms with Gasteiger partial charge >= 0.3 is 5.97 Å². The lowest BCUT2D eigenvalue weighted by molar-refractivity contribution is -0.197. The van der Waals surface area contributed by atoms with Crippen LogP contribution in [0.5, 0.6) is 0 Å². The Bertz CT molecular complexity index is 500. The van der Waals surface area contributed by atoms with Crippen LogP contribution in [-0.4, -0.2) is 33.0 Å². The van der Waals surface area contributed by atoms with E-state index >= 15 is 0 Å². The predicted octanol–water partition coefficient (Wildman–Crippen LogP) is 0.566. The quantitative estimate of drug-likeness (QED) is 0.803. The summed E-state index contributed by atoms with van der Waals surface area (Å²) in [5.74, 6) is -1.52. The number of aryl methyl sites for hydroxylation is 2. The second-order valence-corrected chi connectivity index (χ2v) is 4.46. The summed E-state index contributed by atoms with van der Waals surface area (Å²) >= 11 is 0. The van der Waals surface area contributed by atoms with Crippen molar-refractivity contribution < 1.29 is 19.2 Å². The van der Waals surface area contributed by atoms with E-state index in [9.17, 15) is 14.4 Å². The van der Waals surface area contributed by atoms with Gasteiger partial charge in [-0.3, -0.25) is 14.7 Å². The van der Waals surface area contributed by atoms with Gasteiger partial charge < -0.3 is 4.84 Å². The highest BCUT2D eigenvalue weighted by molar-refractivity contribution is 6.01. The lowest BCUT2D eigenvalue weighted by Crippen LogP contribution is -2.32. The first kappa shape index (κ1) is 13.3. The van der Waals surface area contributed by atoms with Crippen LogP contribution < -0.4 is 0 Å². The molecule has 0 atom stereocenters. The maximum Gasteiger partial charge on any atom is 0.333 e. The SMILES string of the molecule is Cc1n[nH]c(C)c1CCC(=O)ON1C(=O)CCC1=O. The molecule has 0 unspecified atom stereocenters. The van der Waals surface area contributed by atoms with Crippen LogP contribution in [0.4, 0.5) is 0 Å². The summed E-state index contributed by atoms with van der Waals surface area (Å²) < 4.78 is 0. The monoisotopic (exact) mass is 265 g/mol. The van der Waals surface area contributed by atoms with Crippen LogP contribution in [0.1, 0.15) is 36.2 Å². The van der Waals surface area contributed by atoms with Crippen molar-refractivity contribution >= 4 is 17.8 Å². The van der Waals surface area contributed by atoms with Gasteiger partial charge in [0.1, 0.15) is 0 Å². The number of nitrogens with zero attached hydrogens (tertiary/aromatic N) is 2. The number of aromatic amines is 1. The fraction of sp³-hybridized carbons (Fsp3) is 0.500. The number of amides is 2. The Hall–Kier alpha value is -2.18. The van der Waals surface area contributed by atoms with Gasteiger partial charge in [-0.15, -0.1) is 5.06 Å². The number of H-pyrrole nitrogens is 1. The fourth-order valence-corrected chi connectivity index (χ4v) is 1.97. The minimum atomic E-state index is -0.594. The zero-order valence-corrected chi connectivity index (χ0v) is 10.9. The van der Waals surface area contributed by atoms with E-state index in [2.05, 4.69) is 10.2 Å². The number of aromatic nitrogens is 2. The molecule has 102 valence electrons. The first-order valence-electron chi connectivity index (χ1n) is 6.06. The van der Waals surface area contributed by atoms with Crippen LogP contribution in [0.3, 0.4) is 0 Å². The molecule has 2 rings (SSSR count). The van der Waals surface area contributed by atoms with Crippen molar-refractivity contribution in [2.75, 3.05) is 0 Å². The molecule has 7 nitrogen and oxygen atoms in total. The van der Waals surface area contributed by atoms with Gasteiger partial charge in [-0.2, -0.15) is 5.10 Å². The molecule has 1 aromatic heterocycles. The van der Waals surface area contributed by atoms with Gasteiger partial charge in [0.15, 0.2) is 0 Å². The van der Waals surface area contributed by atoms with Crippen LogP contribution in [0, 0.1) is 13.8 Å². The molecule has 1 aliphatic heterocycles. The molecule has 0 radical (unpaired) electrons. The summed E-state index contributed by atoms with van der Waals surface area (Å²) in [5.41, 5.74) is 2.69. The van der Waals surface area contributed by atoms with E-state index in [0.717, 1.165) is 17.0 Å². The molecule has 2 heterocycles. The number of carbonyl (C=O) groups excluding carboxylic acids is 3. The molecule has 1 saturated heterocycles. The van der Waals surface area contributed by atoms with Crippen LogP contribution in [-0.2, 0) is 25.6 Å². The molecule has 7 heteroatoms. The number of hydrogen-bond acceptors (Lipinski definition) is 5. The highest BCUT2D eigenvalue weighted by Gasteiger charge is 2.32. The number of hydrogen-bond donors (Lipinski definition) is 1. The summed E-state index contributed by atoms with van der Waals surface area (Å²) in [7, 11) is 0. The van der Waals surface area contributed by atoms with Crippen molar-refractivity contribution in [1.82, 2.24) is 15.3 Å². The standard InChI is InChI=1S/C12H15N3O4/c1-7-9(8(2)14-13-7)3-6-12(18)19-15-10(16)4-5-11(15)17/h3-6H2,1-2H3,(H,13,14). The van der Waals surface area contributed by atoms with E-state index in [1.54, 1.807) is 0 Å². The molecule has 2 amide bonds. The molecule has 1 aromatic rings. The van der Waals surface area contributed by atoms with Gasteiger partial charge in [-0.05, 0) is 25.8 Å². The molecule has 1 N–H and O–H groups in total. The third kappa shape index (κ3) is 2.81. The third-order valence-corrected chi connectivity index (χ3v) is 3.06. The number of carbonyl (C=O) groups is 3. The van der Waals surface area contributed by atoms with Crippen molar-refractivity contribution in [1.29, 1.82) is 0 Å². The third-order valence-electron chi connectivity index (χ3n) is 3.06. The van der Waals surface area contributed by atoms with Crippen molar-refractivity contribution in [2.45, 2.75) is 39.5 Å². The second kappa shape index (κ2) is 5.21. The van der Waals surface area contributed by atoms with Gasteiger partial charge in [0, 0.05) is 18.5 Å². The maximum absolute atomic E-state index is 11.6. The lowest BCUT2D eigenvalue weighted by atomic mass is 10.1. The lowest BCUT2D eigenvalue weighted by Gasteiger charge is -2.12. The van der Waals surface area contributed by atoms with E-state index in [1.807, 2.05) is 13.8 Å². The Kier molecular flexibility index (Phi) is 3.64. The molecule has 0 spiro atoms. The summed E-state index contributed by atoms with van der Waals surface area (Å²) in [6.45, 7) is 3.71. The zero-order valence-electron chi connectivity index (χ0n) is 10.9. The van der Waals surface area contributed by atoms with Crippen molar-refractivity contribution in [2.24, 2.45) is 0 Å². The van der Waals surface area contributed by atoms with Gasteiger partial charge in [-0.1, -0.05) is 0 Å². The molecule has 1 fully saturated rings. The maximum atomic E-state index is 11.6. The molecule has 0 bridgehead atoms. The summed E-state index contributed by atoms with van der Waals surface area (Å²) in [4.78, 5) is 38.9. The van der Waals surface area contributed by atoms with E-state index in [4.69, 9.17) is 4.84 Å². The highest BCUT2D eigenvalue weighted by atomic mass is 16.7. The summed E-state index contributed by atoms with van der Waals surface area (Å²) in [5, 5.41) is 7.42. The van der Waals surface area contributed by atoms with E-state index in [0.29, 0.717) is 11.5 Å². The average Bonchev–Trinajstić information content (AvgIpc) is 2.84. The van der Waals surface area contributed by atoms with E-state index < -0.39 is 17.8 Å². The van der Waals surface area contributed by atoms with Crippen LogP contribution in [0.2, 0.25) is 0 Å². The Morgan fingerprint density at radius 1 is 1.32 bits per heavy atom. The average molecular weight is 265 g/mol. The largest absolute Gasteiger partial charge is 0.333 e. The van der Waals surface area contributed by atoms with Crippen molar-refractivity contribution in [3.05, 3.63) is 17.0 Å². The molecular formula is C12H15N3O4. The predicted molar refractivity (Wildman–Crippen MR) is 63.6 cm³/mol. The van der Waals surface area contributed by atoms with Gasteiger partial charge in [0.25, 0.3) is 11.8 Å². The van der Waals surface area contributed by atoms with Crippen LogP contribution in [0.15, 0.2) is 0 Å². The number of rotatable bonds is 4. The van der Waals surface area contributed by atoms with Crippen LogP contribution >= 0.6 is 0 Å².